The molecule has 0 bridgehead atoms. The van der Waals surface area contributed by atoms with Crippen LogP contribution in [0, 0.1) is 0 Å². The molecular weight excluding hydrogens is 202 g/mol. The zero-order valence-electron chi connectivity index (χ0n) is 7.70. The molecule has 0 fully saturated rings. The molecule has 0 radical (unpaired) electrons. The van der Waals surface area contributed by atoms with Gasteiger partial charge in [0, 0.05) is 12.0 Å². The molecule has 14 heavy (non-hydrogen) atoms. The minimum absolute atomic E-state index is 0.0611. The fourth-order valence-electron chi connectivity index (χ4n) is 1.11. The minimum atomic E-state index is -1.56. The Morgan fingerprint density at radius 2 is 2.14 bits per heavy atom. The molecule has 0 aliphatic heterocycles. The maximum Gasteiger partial charge on any atom is 0.488 e. The van der Waals surface area contributed by atoms with Gasteiger partial charge in [0.2, 0.25) is 0 Å². The fraction of sp³-hybridized carbons (Fsp3) is 0.222. The van der Waals surface area contributed by atoms with Gasteiger partial charge in [0.25, 0.3) is 0 Å². The molecule has 0 saturated heterocycles. The van der Waals surface area contributed by atoms with E-state index in [0.29, 0.717) is 12.0 Å². The van der Waals surface area contributed by atoms with Crippen molar-refractivity contribution in [2.45, 2.75) is 13.3 Å². The van der Waals surface area contributed by atoms with Gasteiger partial charge in [-0.1, -0.05) is 30.7 Å². The van der Waals surface area contributed by atoms with Crippen LogP contribution in [0.5, 0.6) is 0 Å². The number of ketones is 1. The highest BCUT2D eigenvalue weighted by atomic mass is 35.5. The Hall–Kier alpha value is -0.835. The van der Waals surface area contributed by atoms with Gasteiger partial charge < -0.3 is 10.0 Å². The third-order valence-corrected chi connectivity index (χ3v) is 2.23. The van der Waals surface area contributed by atoms with Crippen LogP contribution in [0.2, 0.25) is 5.02 Å². The number of rotatable bonds is 3. The molecule has 3 nitrogen and oxygen atoms in total. The van der Waals surface area contributed by atoms with E-state index >= 15 is 0 Å². The summed E-state index contributed by atoms with van der Waals surface area (Å²) in [6.45, 7) is 1.74. The van der Waals surface area contributed by atoms with E-state index < -0.39 is 7.12 Å². The summed E-state index contributed by atoms with van der Waals surface area (Å²) in [7, 11) is -1.56. The highest BCUT2D eigenvalue weighted by Gasteiger charge is 2.14. The summed E-state index contributed by atoms with van der Waals surface area (Å²) < 4.78 is 0. The molecule has 5 heteroatoms. The fourth-order valence-corrected chi connectivity index (χ4v) is 1.40. The van der Waals surface area contributed by atoms with E-state index in [4.69, 9.17) is 21.6 Å². The van der Waals surface area contributed by atoms with Crippen LogP contribution in [0.15, 0.2) is 18.2 Å². The van der Waals surface area contributed by atoms with Crippen molar-refractivity contribution in [2.75, 3.05) is 0 Å². The molecule has 1 aromatic rings. The van der Waals surface area contributed by atoms with Gasteiger partial charge in [0.05, 0.1) is 5.02 Å². The number of hydrogen-bond donors (Lipinski definition) is 2. The lowest BCUT2D eigenvalue weighted by atomic mass is 9.80. The van der Waals surface area contributed by atoms with E-state index in [1.165, 1.54) is 18.2 Å². The molecule has 0 aromatic heterocycles. The quantitative estimate of drug-likeness (QED) is 0.570. The smallest absolute Gasteiger partial charge is 0.423 e. The largest absolute Gasteiger partial charge is 0.488 e. The SMILES string of the molecule is CCC(=O)c1ccc(B(O)O)cc1Cl. The summed E-state index contributed by atoms with van der Waals surface area (Å²) in [4.78, 5) is 11.3. The van der Waals surface area contributed by atoms with Crippen molar-refractivity contribution < 1.29 is 14.8 Å². The lowest BCUT2D eigenvalue weighted by Gasteiger charge is -2.04. The summed E-state index contributed by atoms with van der Waals surface area (Å²) in [5.41, 5.74) is 0.696. The van der Waals surface area contributed by atoms with Gasteiger partial charge in [-0.2, -0.15) is 0 Å². The average molecular weight is 212 g/mol. The van der Waals surface area contributed by atoms with Crippen molar-refractivity contribution >= 4 is 30.0 Å². The molecular formula is C9H10BClO3. The van der Waals surface area contributed by atoms with Crippen LogP contribution in [0.1, 0.15) is 23.7 Å². The molecule has 0 spiro atoms. The summed E-state index contributed by atoms with van der Waals surface area (Å²) in [5, 5.41) is 17.9. The van der Waals surface area contributed by atoms with Crippen LogP contribution >= 0.6 is 11.6 Å². The molecule has 74 valence electrons. The van der Waals surface area contributed by atoms with E-state index in [0.717, 1.165) is 0 Å². The first-order chi connectivity index (χ1) is 6.56. The first-order valence-corrected chi connectivity index (χ1v) is 4.62. The van der Waals surface area contributed by atoms with Crippen molar-refractivity contribution in [3.63, 3.8) is 0 Å². The normalized spacial score (nSPS) is 10.0. The summed E-state index contributed by atoms with van der Waals surface area (Å²) in [6.07, 6.45) is 0.376. The zero-order chi connectivity index (χ0) is 10.7. The Labute approximate surface area is 87.5 Å². The van der Waals surface area contributed by atoms with Crippen LogP contribution in [0.4, 0.5) is 0 Å². The standard InChI is InChI=1S/C9H10BClO3/c1-2-9(12)7-4-3-6(10(13)14)5-8(7)11/h3-5,13-14H,2H2,1H3. The van der Waals surface area contributed by atoms with Gasteiger partial charge in [-0.15, -0.1) is 0 Å². The molecule has 0 saturated carbocycles. The van der Waals surface area contributed by atoms with Crippen LogP contribution in [-0.4, -0.2) is 22.9 Å². The number of Topliss-reactive ketones (excluding diaryl/α,β-unsaturated/α-hetero) is 1. The molecule has 1 aromatic carbocycles. The maximum absolute atomic E-state index is 11.3. The summed E-state index contributed by atoms with van der Waals surface area (Å²) in [6, 6.07) is 4.36. The summed E-state index contributed by atoms with van der Waals surface area (Å²) in [5.74, 6) is -0.0611. The van der Waals surface area contributed by atoms with Gasteiger partial charge in [-0.25, -0.2) is 0 Å². The lowest BCUT2D eigenvalue weighted by molar-refractivity contribution is 0.0988. The molecule has 2 N–H and O–H groups in total. The second-order valence-corrected chi connectivity index (χ2v) is 3.30. The predicted octanol–water partition coefficient (Wildman–Crippen LogP) is 0.613. The van der Waals surface area contributed by atoms with E-state index in [1.807, 2.05) is 0 Å². The van der Waals surface area contributed by atoms with Crippen molar-refractivity contribution in [2.24, 2.45) is 0 Å². The first kappa shape index (κ1) is 11.2. The Balaban J connectivity index is 3.07. The Morgan fingerprint density at radius 3 is 2.57 bits per heavy atom. The monoisotopic (exact) mass is 212 g/mol. The van der Waals surface area contributed by atoms with Crippen molar-refractivity contribution in [3.05, 3.63) is 28.8 Å². The van der Waals surface area contributed by atoms with Crippen molar-refractivity contribution in [3.8, 4) is 0 Å². The number of halogens is 1. The highest BCUT2D eigenvalue weighted by molar-refractivity contribution is 6.59. The van der Waals surface area contributed by atoms with Crippen LogP contribution < -0.4 is 5.46 Å². The Kier molecular flexibility index (Phi) is 3.69. The molecule has 0 amide bonds. The van der Waals surface area contributed by atoms with Crippen LogP contribution in [0.25, 0.3) is 0 Å². The molecule has 0 aliphatic rings. The Morgan fingerprint density at radius 1 is 1.50 bits per heavy atom. The van der Waals surface area contributed by atoms with Crippen molar-refractivity contribution in [1.29, 1.82) is 0 Å². The topological polar surface area (TPSA) is 57.5 Å². The number of benzene rings is 1. The third-order valence-electron chi connectivity index (χ3n) is 1.91. The Bertz CT molecular complexity index is 352. The second-order valence-electron chi connectivity index (χ2n) is 2.89. The molecule has 0 heterocycles. The first-order valence-electron chi connectivity index (χ1n) is 4.25. The predicted molar refractivity (Wildman–Crippen MR) is 55.9 cm³/mol. The zero-order valence-corrected chi connectivity index (χ0v) is 8.45. The van der Waals surface area contributed by atoms with Gasteiger partial charge >= 0.3 is 7.12 Å². The number of carbonyl (C=O) groups excluding carboxylic acids is 1. The summed E-state index contributed by atoms with van der Waals surface area (Å²) >= 11 is 5.80. The number of carbonyl (C=O) groups is 1. The maximum atomic E-state index is 11.3. The van der Waals surface area contributed by atoms with E-state index in [1.54, 1.807) is 6.92 Å². The van der Waals surface area contributed by atoms with Crippen LogP contribution in [-0.2, 0) is 0 Å². The van der Waals surface area contributed by atoms with E-state index in [-0.39, 0.29) is 16.3 Å². The molecule has 0 unspecified atom stereocenters. The van der Waals surface area contributed by atoms with Gasteiger partial charge in [-0.3, -0.25) is 4.79 Å². The molecule has 1 rings (SSSR count). The minimum Gasteiger partial charge on any atom is -0.423 e. The van der Waals surface area contributed by atoms with Gasteiger partial charge in [-0.05, 0) is 11.5 Å². The van der Waals surface area contributed by atoms with Gasteiger partial charge in [0.15, 0.2) is 5.78 Å². The van der Waals surface area contributed by atoms with Crippen LogP contribution in [0.3, 0.4) is 0 Å². The number of hydrogen-bond acceptors (Lipinski definition) is 3. The van der Waals surface area contributed by atoms with E-state index in [2.05, 4.69) is 0 Å². The highest BCUT2D eigenvalue weighted by Crippen LogP contribution is 2.15. The second kappa shape index (κ2) is 4.60. The van der Waals surface area contributed by atoms with Gasteiger partial charge in [0.1, 0.15) is 0 Å². The molecule has 0 atom stereocenters. The van der Waals surface area contributed by atoms with E-state index in [9.17, 15) is 4.79 Å². The third kappa shape index (κ3) is 2.35. The average Bonchev–Trinajstić information content (AvgIpc) is 2.16. The molecule has 0 aliphatic carbocycles. The van der Waals surface area contributed by atoms with Crippen molar-refractivity contribution in [1.82, 2.24) is 0 Å². The lowest BCUT2D eigenvalue weighted by Crippen LogP contribution is -2.29.